The molecule has 4 amide bonds. The molecule has 1 aromatic rings. The Bertz CT molecular complexity index is 607. The van der Waals surface area contributed by atoms with Crippen LogP contribution in [-0.4, -0.2) is 44.4 Å². The number of rotatable bonds is 6. The van der Waals surface area contributed by atoms with E-state index in [9.17, 15) is 14.4 Å². The Balaban J connectivity index is 1.57. The lowest BCUT2D eigenvalue weighted by Gasteiger charge is -2.22. The first-order chi connectivity index (χ1) is 10.5. The Labute approximate surface area is 127 Å². The average Bonchev–Trinajstić information content (AvgIpc) is 3.15. The van der Waals surface area contributed by atoms with Gasteiger partial charge in [-0.3, -0.25) is 14.9 Å². The van der Waals surface area contributed by atoms with Gasteiger partial charge in [0, 0.05) is 31.9 Å². The summed E-state index contributed by atoms with van der Waals surface area (Å²) in [7, 11) is 1.90. The molecule has 8 heteroatoms. The highest BCUT2D eigenvalue weighted by atomic mass is 16.2. The number of imidazole rings is 1. The summed E-state index contributed by atoms with van der Waals surface area (Å²) in [4.78, 5) is 41.1. The predicted octanol–water partition coefficient (Wildman–Crippen LogP) is -0.101. The van der Waals surface area contributed by atoms with Crippen LogP contribution in [0.15, 0.2) is 12.4 Å². The van der Waals surface area contributed by atoms with Gasteiger partial charge in [0.05, 0.1) is 6.54 Å². The Morgan fingerprint density at radius 1 is 1.45 bits per heavy atom. The molecule has 0 radical (unpaired) electrons. The van der Waals surface area contributed by atoms with E-state index in [1.807, 2.05) is 22.7 Å². The minimum atomic E-state index is -0.606. The van der Waals surface area contributed by atoms with E-state index in [4.69, 9.17) is 0 Å². The van der Waals surface area contributed by atoms with Gasteiger partial charge in [-0.2, -0.15) is 0 Å². The molecule has 2 aliphatic rings. The molecular formula is C14H19N5O3. The number of carbonyl (C=O) groups excluding carboxylic acids is 3. The lowest BCUT2D eigenvalue weighted by atomic mass is 10.1. The number of amides is 4. The first kappa shape index (κ1) is 14.6. The van der Waals surface area contributed by atoms with Crippen LogP contribution >= 0.6 is 0 Å². The third kappa shape index (κ3) is 3.10. The van der Waals surface area contributed by atoms with E-state index in [-0.39, 0.29) is 24.3 Å². The van der Waals surface area contributed by atoms with Crippen LogP contribution in [0, 0.1) is 0 Å². The molecule has 1 atom stereocenters. The second-order valence-corrected chi connectivity index (χ2v) is 5.76. The van der Waals surface area contributed by atoms with E-state index in [0.29, 0.717) is 13.0 Å². The van der Waals surface area contributed by atoms with Gasteiger partial charge in [-0.05, 0) is 19.3 Å². The number of nitrogens with one attached hydrogen (secondary N) is 2. The van der Waals surface area contributed by atoms with Gasteiger partial charge in [0.2, 0.25) is 5.91 Å². The predicted molar refractivity (Wildman–Crippen MR) is 76.5 cm³/mol. The lowest BCUT2D eigenvalue weighted by molar-refractivity contribution is -0.132. The molecule has 0 spiro atoms. The van der Waals surface area contributed by atoms with Crippen molar-refractivity contribution in [2.24, 2.45) is 7.05 Å². The summed E-state index contributed by atoms with van der Waals surface area (Å²) in [5.41, 5.74) is 0. The van der Waals surface area contributed by atoms with Crippen molar-refractivity contribution in [3.63, 3.8) is 0 Å². The minimum absolute atomic E-state index is 0.000510. The van der Waals surface area contributed by atoms with Crippen molar-refractivity contribution in [1.82, 2.24) is 25.1 Å². The van der Waals surface area contributed by atoms with E-state index in [0.717, 1.165) is 18.7 Å². The molecule has 2 fully saturated rings. The molecule has 8 nitrogen and oxygen atoms in total. The van der Waals surface area contributed by atoms with Crippen molar-refractivity contribution in [1.29, 1.82) is 0 Å². The second kappa shape index (κ2) is 5.78. The number of urea groups is 1. The molecule has 1 saturated heterocycles. The van der Waals surface area contributed by atoms with Crippen molar-refractivity contribution in [3.05, 3.63) is 18.2 Å². The lowest BCUT2D eigenvalue weighted by Crippen LogP contribution is -2.36. The number of imide groups is 1. The van der Waals surface area contributed by atoms with Crippen molar-refractivity contribution in [3.8, 4) is 0 Å². The third-order valence-electron chi connectivity index (χ3n) is 4.05. The van der Waals surface area contributed by atoms with Crippen molar-refractivity contribution >= 4 is 17.8 Å². The van der Waals surface area contributed by atoms with E-state index in [2.05, 4.69) is 15.6 Å². The molecule has 1 aromatic heterocycles. The summed E-state index contributed by atoms with van der Waals surface area (Å²) in [5.74, 6) is 0.478. The number of carbonyl (C=O) groups is 3. The zero-order chi connectivity index (χ0) is 15.7. The molecule has 1 unspecified atom stereocenters. The van der Waals surface area contributed by atoms with E-state index < -0.39 is 12.1 Å². The third-order valence-corrected chi connectivity index (χ3v) is 4.05. The van der Waals surface area contributed by atoms with Crippen LogP contribution in [0.3, 0.4) is 0 Å². The summed E-state index contributed by atoms with van der Waals surface area (Å²) >= 11 is 0. The maximum absolute atomic E-state index is 12.5. The van der Waals surface area contributed by atoms with E-state index >= 15 is 0 Å². The molecule has 1 saturated carbocycles. The zero-order valence-corrected chi connectivity index (χ0v) is 12.4. The van der Waals surface area contributed by atoms with Crippen molar-refractivity contribution in [2.45, 2.75) is 44.3 Å². The molecular weight excluding hydrogens is 286 g/mol. The standard InChI is InChI=1S/C14H19N5O3/c1-18-7-6-15-11(18)8-19(9-2-3-9)12(20)5-4-10-13(21)17-14(22)16-10/h6-7,9-10H,2-5,8H2,1H3,(H2,16,17,21,22). The minimum Gasteiger partial charge on any atom is -0.337 e. The monoisotopic (exact) mass is 305 g/mol. The van der Waals surface area contributed by atoms with Crippen LogP contribution < -0.4 is 10.6 Å². The van der Waals surface area contributed by atoms with Crippen LogP contribution in [0.2, 0.25) is 0 Å². The largest absolute Gasteiger partial charge is 0.337 e. The molecule has 2 heterocycles. The summed E-state index contributed by atoms with van der Waals surface area (Å²) in [6.07, 6.45) is 6.14. The Morgan fingerprint density at radius 3 is 2.77 bits per heavy atom. The normalized spacial score (nSPS) is 20.7. The fourth-order valence-electron chi connectivity index (χ4n) is 2.58. The second-order valence-electron chi connectivity index (χ2n) is 5.76. The van der Waals surface area contributed by atoms with Crippen LogP contribution in [-0.2, 0) is 23.2 Å². The summed E-state index contributed by atoms with van der Waals surface area (Å²) in [5, 5.41) is 4.68. The van der Waals surface area contributed by atoms with Gasteiger partial charge in [0.25, 0.3) is 5.91 Å². The van der Waals surface area contributed by atoms with Gasteiger partial charge in [0.1, 0.15) is 11.9 Å². The number of aromatic nitrogens is 2. The fraction of sp³-hybridized carbons (Fsp3) is 0.571. The topological polar surface area (TPSA) is 96.3 Å². The number of aryl methyl sites for hydroxylation is 1. The molecule has 118 valence electrons. The number of nitrogens with zero attached hydrogens (tertiary/aromatic N) is 3. The summed E-state index contributed by atoms with van der Waals surface area (Å²) in [6, 6.07) is -0.823. The SMILES string of the molecule is Cn1ccnc1CN(C(=O)CCC1NC(=O)NC1=O)C1CC1. The van der Waals surface area contributed by atoms with Crippen molar-refractivity contribution < 1.29 is 14.4 Å². The Morgan fingerprint density at radius 2 is 2.23 bits per heavy atom. The average molecular weight is 305 g/mol. The highest BCUT2D eigenvalue weighted by molar-refractivity contribution is 6.04. The molecule has 1 aliphatic heterocycles. The van der Waals surface area contributed by atoms with Crippen molar-refractivity contribution in [2.75, 3.05) is 0 Å². The number of hydrogen-bond donors (Lipinski definition) is 2. The van der Waals surface area contributed by atoms with E-state index in [1.165, 1.54) is 0 Å². The van der Waals surface area contributed by atoms with Gasteiger partial charge < -0.3 is 14.8 Å². The van der Waals surface area contributed by atoms with Crippen LogP contribution in [0.25, 0.3) is 0 Å². The molecule has 0 bridgehead atoms. The fourth-order valence-corrected chi connectivity index (χ4v) is 2.58. The maximum atomic E-state index is 12.5. The first-order valence-electron chi connectivity index (χ1n) is 7.41. The smallest absolute Gasteiger partial charge is 0.322 e. The number of hydrogen-bond acceptors (Lipinski definition) is 4. The first-order valence-corrected chi connectivity index (χ1v) is 7.41. The summed E-state index contributed by atoms with van der Waals surface area (Å²) < 4.78 is 1.90. The van der Waals surface area contributed by atoms with Gasteiger partial charge >= 0.3 is 6.03 Å². The van der Waals surface area contributed by atoms with Gasteiger partial charge in [-0.15, -0.1) is 0 Å². The zero-order valence-electron chi connectivity index (χ0n) is 12.4. The van der Waals surface area contributed by atoms with Crippen LogP contribution in [0.1, 0.15) is 31.5 Å². The quantitative estimate of drug-likeness (QED) is 0.717. The molecule has 22 heavy (non-hydrogen) atoms. The van der Waals surface area contributed by atoms with Gasteiger partial charge in [-0.25, -0.2) is 9.78 Å². The molecule has 3 rings (SSSR count). The molecule has 1 aliphatic carbocycles. The Hall–Kier alpha value is -2.38. The maximum Gasteiger partial charge on any atom is 0.322 e. The summed E-state index contributed by atoms with van der Waals surface area (Å²) in [6.45, 7) is 0.482. The van der Waals surface area contributed by atoms with Gasteiger partial charge in [0.15, 0.2) is 0 Å². The highest BCUT2D eigenvalue weighted by Crippen LogP contribution is 2.29. The van der Waals surface area contributed by atoms with Crippen LogP contribution in [0.4, 0.5) is 4.79 Å². The van der Waals surface area contributed by atoms with Crippen LogP contribution in [0.5, 0.6) is 0 Å². The van der Waals surface area contributed by atoms with E-state index in [1.54, 1.807) is 6.20 Å². The molecule has 0 aromatic carbocycles. The highest BCUT2D eigenvalue weighted by Gasteiger charge is 2.35. The Kier molecular flexibility index (Phi) is 3.82. The van der Waals surface area contributed by atoms with Gasteiger partial charge in [-0.1, -0.05) is 0 Å². The molecule has 2 N–H and O–H groups in total.